The first-order valence-corrected chi connectivity index (χ1v) is 11.0. The van der Waals surface area contributed by atoms with E-state index < -0.39 is 0 Å². The number of ether oxygens (including phenoxy) is 1. The minimum absolute atomic E-state index is 0.000710. The lowest BCUT2D eigenvalue weighted by atomic mass is 10.0. The van der Waals surface area contributed by atoms with Crippen molar-refractivity contribution in [2.75, 3.05) is 13.7 Å². The number of amides is 1. The Labute approximate surface area is 188 Å². The van der Waals surface area contributed by atoms with Gasteiger partial charge in [0.2, 0.25) is 5.89 Å². The molecular weight excluding hydrogens is 456 g/mol. The summed E-state index contributed by atoms with van der Waals surface area (Å²) in [6.07, 6.45) is 1.77. The van der Waals surface area contributed by atoms with Crippen LogP contribution in [0.1, 0.15) is 35.1 Å². The monoisotopic (exact) mass is 476 g/mol. The minimum Gasteiger partial charge on any atom is -0.496 e. The van der Waals surface area contributed by atoms with Crippen LogP contribution in [0.5, 0.6) is 5.75 Å². The number of oxazole rings is 1. The fraction of sp³-hybridized carbons (Fsp3) is 0.200. The number of methoxy groups -OCH3 is 1. The van der Waals surface area contributed by atoms with Gasteiger partial charge in [-0.2, -0.15) is 0 Å². The largest absolute Gasteiger partial charge is 0.496 e. The molecule has 0 N–H and O–H groups in total. The number of carbonyl (C=O) groups is 1. The van der Waals surface area contributed by atoms with E-state index in [0.29, 0.717) is 18.0 Å². The van der Waals surface area contributed by atoms with E-state index in [9.17, 15) is 4.79 Å². The van der Waals surface area contributed by atoms with Crippen molar-refractivity contribution in [1.29, 1.82) is 0 Å². The Bertz CT molecular complexity index is 1270. The maximum atomic E-state index is 13.1. The van der Waals surface area contributed by atoms with Gasteiger partial charge in [-0.1, -0.05) is 46.3 Å². The number of para-hydroxylation sites is 1. The van der Waals surface area contributed by atoms with Crippen LogP contribution < -0.4 is 4.74 Å². The van der Waals surface area contributed by atoms with Gasteiger partial charge in [0.1, 0.15) is 17.3 Å². The third kappa shape index (κ3) is 3.72. The molecule has 1 amide bonds. The fourth-order valence-corrected chi connectivity index (χ4v) is 4.59. The summed E-state index contributed by atoms with van der Waals surface area (Å²) < 4.78 is 12.5. The molecule has 0 bridgehead atoms. The van der Waals surface area contributed by atoms with Crippen LogP contribution in [0.2, 0.25) is 0 Å². The summed E-state index contributed by atoms with van der Waals surface area (Å²) in [5.41, 5.74) is 4.17. The summed E-state index contributed by atoms with van der Waals surface area (Å²) >= 11 is 3.45. The Hall–Kier alpha value is -3.12. The van der Waals surface area contributed by atoms with Crippen molar-refractivity contribution in [1.82, 2.24) is 9.88 Å². The van der Waals surface area contributed by atoms with Crippen LogP contribution in [0.25, 0.3) is 22.2 Å². The molecule has 4 aromatic rings. The van der Waals surface area contributed by atoms with Crippen molar-refractivity contribution in [3.63, 3.8) is 0 Å². The molecule has 1 aliphatic rings. The zero-order chi connectivity index (χ0) is 21.4. The fourth-order valence-electron chi connectivity index (χ4n) is 4.19. The zero-order valence-electron chi connectivity index (χ0n) is 17.0. The highest BCUT2D eigenvalue weighted by atomic mass is 79.9. The van der Waals surface area contributed by atoms with Gasteiger partial charge in [-0.15, -0.1) is 0 Å². The summed E-state index contributed by atoms with van der Waals surface area (Å²) in [5.74, 6) is 1.40. The van der Waals surface area contributed by atoms with Crippen LogP contribution in [0, 0.1) is 0 Å². The molecule has 0 saturated carbocycles. The number of carbonyl (C=O) groups excluding carboxylic acids is 1. The summed E-state index contributed by atoms with van der Waals surface area (Å²) in [6, 6.07) is 21.2. The van der Waals surface area contributed by atoms with Gasteiger partial charge >= 0.3 is 0 Å². The number of fused-ring (bicyclic) bond motifs is 1. The van der Waals surface area contributed by atoms with Gasteiger partial charge in [-0.05, 0) is 54.8 Å². The highest BCUT2D eigenvalue weighted by molar-refractivity contribution is 9.10. The van der Waals surface area contributed by atoms with E-state index in [0.717, 1.165) is 45.3 Å². The molecule has 1 fully saturated rings. The van der Waals surface area contributed by atoms with Gasteiger partial charge in [-0.3, -0.25) is 4.79 Å². The van der Waals surface area contributed by atoms with Crippen LogP contribution in [-0.2, 0) is 0 Å². The Morgan fingerprint density at radius 3 is 2.84 bits per heavy atom. The first-order chi connectivity index (χ1) is 15.1. The highest BCUT2D eigenvalue weighted by Gasteiger charge is 2.34. The van der Waals surface area contributed by atoms with E-state index in [2.05, 4.69) is 15.9 Å². The van der Waals surface area contributed by atoms with E-state index in [-0.39, 0.29) is 11.9 Å². The number of likely N-dealkylation sites (tertiary alicyclic amines) is 1. The van der Waals surface area contributed by atoms with Crippen LogP contribution in [0.15, 0.2) is 75.6 Å². The van der Waals surface area contributed by atoms with E-state index >= 15 is 0 Å². The summed E-state index contributed by atoms with van der Waals surface area (Å²) in [4.78, 5) is 19.8. The lowest BCUT2D eigenvalue weighted by molar-refractivity contribution is 0.0717. The molecule has 3 aromatic carbocycles. The first kappa shape index (κ1) is 19.8. The predicted molar refractivity (Wildman–Crippen MR) is 123 cm³/mol. The average molecular weight is 477 g/mol. The van der Waals surface area contributed by atoms with Gasteiger partial charge in [0.15, 0.2) is 5.58 Å². The second kappa shape index (κ2) is 8.19. The Balaban J connectivity index is 1.48. The van der Waals surface area contributed by atoms with Gasteiger partial charge in [0.25, 0.3) is 5.91 Å². The quantitative estimate of drug-likeness (QED) is 0.349. The van der Waals surface area contributed by atoms with Crippen LogP contribution in [-0.4, -0.2) is 29.4 Å². The molecule has 156 valence electrons. The highest BCUT2D eigenvalue weighted by Crippen LogP contribution is 2.36. The van der Waals surface area contributed by atoms with Crippen molar-refractivity contribution in [3.05, 3.63) is 82.7 Å². The maximum absolute atomic E-state index is 13.1. The van der Waals surface area contributed by atoms with Gasteiger partial charge in [0.05, 0.1) is 7.11 Å². The Morgan fingerprint density at radius 1 is 1.13 bits per heavy atom. The number of aromatic nitrogens is 1. The predicted octanol–water partition coefficient (Wildman–Crippen LogP) is 6.24. The number of hydrogen-bond acceptors (Lipinski definition) is 4. The second-order valence-electron chi connectivity index (χ2n) is 7.60. The standard InChI is InChI=1S/C25H21BrN2O3/c1-30-22-10-3-2-8-19(22)16-11-12-23-20(15-16)27-24(31-23)21-9-5-13-28(21)25(29)17-6-4-7-18(26)14-17/h2-4,6-8,10-12,14-15,21H,5,9,13H2,1H3/t21-/m0/s1. The van der Waals surface area contributed by atoms with E-state index in [1.807, 2.05) is 71.6 Å². The molecule has 0 radical (unpaired) electrons. The lowest BCUT2D eigenvalue weighted by Gasteiger charge is -2.22. The smallest absolute Gasteiger partial charge is 0.254 e. The minimum atomic E-state index is -0.159. The normalized spacial score (nSPS) is 16.1. The van der Waals surface area contributed by atoms with Crippen molar-refractivity contribution < 1.29 is 13.9 Å². The van der Waals surface area contributed by atoms with Gasteiger partial charge in [0, 0.05) is 22.1 Å². The van der Waals surface area contributed by atoms with Gasteiger partial charge < -0.3 is 14.1 Å². The first-order valence-electron chi connectivity index (χ1n) is 10.2. The molecule has 0 unspecified atom stereocenters. The van der Waals surface area contributed by atoms with Gasteiger partial charge in [-0.25, -0.2) is 4.98 Å². The van der Waals surface area contributed by atoms with Crippen molar-refractivity contribution >= 4 is 32.9 Å². The summed E-state index contributed by atoms with van der Waals surface area (Å²) in [5, 5.41) is 0. The SMILES string of the molecule is COc1ccccc1-c1ccc2oc([C@@H]3CCCN3C(=O)c3cccc(Br)c3)nc2c1. The number of hydrogen-bond donors (Lipinski definition) is 0. The molecule has 2 heterocycles. The van der Waals surface area contributed by atoms with Crippen molar-refractivity contribution in [2.24, 2.45) is 0 Å². The maximum Gasteiger partial charge on any atom is 0.254 e. The summed E-state index contributed by atoms with van der Waals surface area (Å²) in [6.45, 7) is 0.696. The average Bonchev–Trinajstić information content (AvgIpc) is 3.45. The lowest BCUT2D eigenvalue weighted by Crippen LogP contribution is -2.30. The number of halogens is 1. The molecular formula is C25H21BrN2O3. The number of nitrogens with zero attached hydrogens (tertiary/aromatic N) is 2. The molecule has 5 rings (SSSR count). The van der Waals surface area contributed by atoms with Crippen LogP contribution in [0.3, 0.4) is 0 Å². The molecule has 1 aliphatic heterocycles. The second-order valence-corrected chi connectivity index (χ2v) is 8.52. The molecule has 6 heteroatoms. The van der Waals surface area contributed by atoms with E-state index in [1.165, 1.54) is 0 Å². The number of benzene rings is 3. The van der Waals surface area contributed by atoms with Crippen molar-refractivity contribution in [3.8, 4) is 16.9 Å². The molecule has 5 nitrogen and oxygen atoms in total. The molecule has 31 heavy (non-hydrogen) atoms. The Morgan fingerprint density at radius 2 is 2.00 bits per heavy atom. The topological polar surface area (TPSA) is 55.6 Å². The molecule has 0 aliphatic carbocycles. The molecule has 1 atom stereocenters. The zero-order valence-corrected chi connectivity index (χ0v) is 18.6. The molecule has 0 spiro atoms. The third-order valence-corrected chi connectivity index (χ3v) is 6.19. The van der Waals surface area contributed by atoms with E-state index in [1.54, 1.807) is 7.11 Å². The molecule has 1 saturated heterocycles. The summed E-state index contributed by atoms with van der Waals surface area (Å²) in [7, 11) is 1.67. The third-order valence-electron chi connectivity index (χ3n) is 5.69. The Kier molecular flexibility index (Phi) is 5.24. The van der Waals surface area contributed by atoms with Crippen LogP contribution in [0.4, 0.5) is 0 Å². The molecule has 1 aromatic heterocycles. The van der Waals surface area contributed by atoms with E-state index in [4.69, 9.17) is 14.1 Å². The van der Waals surface area contributed by atoms with Crippen molar-refractivity contribution in [2.45, 2.75) is 18.9 Å². The van der Waals surface area contributed by atoms with Crippen LogP contribution >= 0.6 is 15.9 Å². The number of rotatable bonds is 4.